The normalized spacial score (nSPS) is 18.3. The number of imide groups is 1. The second-order valence-electron chi connectivity index (χ2n) is 7.17. The highest BCUT2D eigenvalue weighted by molar-refractivity contribution is 6.08. The predicted molar refractivity (Wildman–Crippen MR) is 104 cm³/mol. The van der Waals surface area contributed by atoms with E-state index in [-0.39, 0.29) is 5.82 Å². The molecule has 1 aliphatic heterocycles. The van der Waals surface area contributed by atoms with Gasteiger partial charge in [-0.05, 0) is 32.3 Å². The lowest BCUT2D eigenvalue weighted by atomic mass is 9.93. The van der Waals surface area contributed by atoms with E-state index in [2.05, 4.69) is 15.8 Å². The average molecular weight is 414 g/mol. The molecule has 1 saturated heterocycles. The first kappa shape index (κ1) is 21.0. The molecule has 4 amide bonds. The minimum atomic E-state index is -1.12. The van der Waals surface area contributed by atoms with Crippen molar-refractivity contribution < 1.29 is 28.4 Å². The Balaban J connectivity index is 1.49. The number of ether oxygens (including phenoxy) is 1. The van der Waals surface area contributed by atoms with E-state index < -0.39 is 42.5 Å². The Morgan fingerprint density at radius 2 is 2.00 bits per heavy atom. The van der Waals surface area contributed by atoms with Crippen molar-refractivity contribution in [3.63, 3.8) is 0 Å². The molecule has 10 nitrogen and oxygen atoms in total. The van der Waals surface area contributed by atoms with E-state index in [1.165, 1.54) is 6.07 Å². The van der Waals surface area contributed by atoms with Crippen LogP contribution in [0.25, 0.3) is 0 Å². The molecule has 0 radical (unpaired) electrons. The van der Waals surface area contributed by atoms with Crippen molar-refractivity contribution in [2.75, 3.05) is 18.5 Å². The highest BCUT2D eigenvalue weighted by Crippen LogP contribution is 2.23. The summed E-state index contributed by atoms with van der Waals surface area (Å²) in [5, 5.41) is 8.62. The van der Waals surface area contributed by atoms with E-state index in [0.29, 0.717) is 18.6 Å². The van der Waals surface area contributed by atoms with Crippen LogP contribution in [-0.2, 0) is 25.5 Å². The van der Waals surface area contributed by atoms with Gasteiger partial charge in [0.05, 0.1) is 0 Å². The number of nitrogens with one attached hydrogen (secondary N) is 2. The smallest absolute Gasteiger partial charge is 0.326 e. The second kappa shape index (κ2) is 8.76. The molecular formula is C20H22N4O6. The summed E-state index contributed by atoms with van der Waals surface area (Å²) in [6.45, 7) is 2.12. The summed E-state index contributed by atoms with van der Waals surface area (Å²) < 4.78 is 9.67. The van der Waals surface area contributed by atoms with Crippen molar-refractivity contribution in [2.45, 2.75) is 32.2 Å². The number of anilines is 1. The van der Waals surface area contributed by atoms with Crippen LogP contribution in [0.4, 0.5) is 10.6 Å². The Labute approximate surface area is 172 Å². The van der Waals surface area contributed by atoms with Crippen LogP contribution in [0.2, 0.25) is 0 Å². The summed E-state index contributed by atoms with van der Waals surface area (Å²) in [4.78, 5) is 49.5. The number of rotatable bonds is 8. The number of aryl methyl sites for hydroxylation is 2. The maximum absolute atomic E-state index is 12.7. The van der Waals surface area contributed by atoms with E-state index in [4.69, 9.17) is 9.26 Å². The topological polar surface area (TPSA) is 131 Å². The molecule has 2 N–H and O–H groups in total. The van der Waals surface area contributed by atoms with Crippen LogP contribution in [-0.4, -0.2) is 52.6 Å². The van der Waals surface area contributed by atoms with Crippen molar-refractivity contribution in [1.82, 2.24) is 15.4 Å². The van der Waals surface area contributed by atoms with Crippen LogP contribution in [0.5, 0.6) is 0 Å². The van der Waals surface area contributed by atoms with Crippen molar-refractivity contribution in [3.8, 4) is 0 Å². The van der Waals surface area contributed by atoms with E-state index in [0.717, 1.165) is 10.5 Å². The summed E-state index contributed by atoms with van der Waals surface area (Å²) in [6.07, 6.45) is 0.968. The van der Waals surface area contributed by atoms with E-state index in [9.17, 15) is 19.2 Å². The molecule has 0 unspecified atom stereocenters. The molecule has 1 fully saturated rings. The van der Waals surface area contributed by atoms with Crippen molar-refractivity contribution >= 4 is 29.6 Å². The molecule has 0 aliphatic carbocycles. The zero-order chi connectivity index (χ0) is 21.7. The zero-order valence-electron chi connectivity index (χ0n) is 16.6. The first-order valence-electron chi connectivity index (χ1n) is 9.34. The van der Waals surface area contributed by atoms with Crippen LogP contribution >= 0.6 is 0 Å². The number of carbonyl (C=O) groups is 4. The number of urea groups is 1. The number of carbonyl (C=O) groups excluding carboxylic acids is 4. The molecule has 2 aromatic rings. The third-order valence-corrected chi connectivity index (χ3v) is 4.65. The first-order chi connectivity index (χ1) is 14.3. The maximum Gasteiger partial charge on any atom is 0.326 e. The number of amides is 4. The molecule has 0 bridgehead atoms. The first-order valence-corrected chi connectivity index (χ1v) is 9.34. The van der Waals surface area contributed by atoms with Gasteiger partial charge in [0.25, 0.3) is 11.8 Å². The Hall–Kier alpha value is -3.69. The van der Waals surface area contributed by atoms with Gasteiger partial charge in [-0.15, -0.1) is 0 Å². The molecule has 0 saturated carbocycles. The Kier molecular flexibility index (Phi) is 6.14. The monoisotopic (exact) mass is 414 g/mol. The summed E-state index contributed by atoms with van der Waals surface area (Å²) in [6, 6.07) is 10.4. The fraction of sp³-hybridized carbons (Fsp3) is 0.350. The fourth-order valence-corrected chi connectivity index (χ4v) is 3.02. The molecule has 10 heteroatoms. The van der Waals surface area contributed by atoms with Crippen LogP contribution in [0.1, 0.15) is 24.7 Å². The van der Waals surface area contributed by atoms with E-state index in [1.807, 2.05) is 30.3 Å². The van der Waals surface area contributed by atoms with E-state index in [1.54, 1.807) is 13.8 Å². The molecule has 158 valence electrons. The molecule has 1 aromatic carbocycles. The number of hydrogen-bond donors (Lipinski definition) is 2. The molecule has 0 spiro atoms. The van der Waals surface area contributed by atoms with Crippen LogP contribution < -0.4 is 10.6 Å². The van der Waals surface area contributed by atoms with Gasteiger partial charge >= 0.3 is 12.0 Å². The second-order valence-corrected chi connectivity index (χ2v) is 7.17. The summed E-state index contributed by atoms with van der Waals surface area (Å²) in [7, 11) is 0. The van der Waals surface area contributed by atoms with Crippen LogP contribution in [0.3, 0.4) is 0 Å². The fourth-order valence-electron chi connectivity index (χ4n) is 3.02. The Bertz CT molecular complexity index is 957. The molecule has 30 heavy (non-hydrogen) atoms. The largest absolute Gasteiger partial charge is 0.454 e. The van der Waals surface area contributed by atoms with Gasteiger partial charge in [-0.1, -0.05) is 35.5 Å². The standard InChI is InChI=1S/C20H22N4O6/c1-13-10-15(23-30-13)21-16(25)12-29-17(26)11-24-18(27)20(2,22-19(24)28)9-8-14-6-4-3-5-7-14/h3-7,10H,8-9,11-12H2,1-2H3,(H,22,28)(H,21,23,25)/t20-/m0/s1. The molecule has 1 aromatic heterocycles. The third-order valence-electron chi connectivity index (χ3n) is 4.65. The lowest BCUT2D eigenvalue weighted by molar-refractivity contribution is -0.150. The molecule has 1 atom stereocenters. The van der Waals surface area contributed by atoms with Gasteiger partial charge in [0, 0.05) is 6.07 Å². The SMILES string of the molecule is Cc1cc(NC(=O)COC(=O)CN2C(=O)N[C@@](C)(CCc3ccccc3)C2=O)no1. The molecular weight excluding hydrogens is 392 g/mol. The number of esters is 1. The Morgan fingerprint density at radius 3 is 2.67 bits per heavy atom. The number of hydrogen-bond acceptors (Lipinski definition) is 7. The van der Waals surface area contributed by atoms with Crippen molar-refractivity contribution in [1.29, 1.82) is 0 Å². The summed E-state index contributed by atoms with van der Waals surface area (Å²) in [5.41, 5.74) is -0.0815. The molecule has 1 aliphatic rings. The van der Waals surface area contributed by atoms with Gasteiger partial charge in [0.2, 0.25) is 0 Å². The highest BCUT2D eigenvalue weighted by atomic mass is 16.5. The van der Waals surface area contributed by atoms with Crippen molar-refractivity contribution in [2.24, 2.45) is 0 Å². The lowest BCUT2D eigenvalue weighted by Crippen LogP contribution is -2.44. The average Bonchev–Trinajstić information content (AvgIpc) is 3.21. The maximum atomic E-state index is 12.7. The predicted octanol–water partition coefficient (Wildman–Crippen LogP) is 1.41. The number of nitrogens with zero attached hydrogens (tertiary/aromatic N) is 2. The minimum absolute atomic E-state index is 0.192. The van der Waals surface area contributed by atoms with Gasteiger partial charge in [-0.2, -0.15) is 0 Å². The summed E-state index contributed by atoms with van der Waals surface area (Å²) >= 11 is 0. The third kappa shape index (κ3) is 5.02. The van der Waals surface area contributed by atoms with Gasteiger partial charge < -0.3 is 19.9 Å². The van der Waals surface area contributed by atoms with Gasteiger partial charge in [-0.25, -0.2) is 4.79 Å². The molecule has 3 rings (SSSR count). The minimum Gasteiger partial charge on any atom is -0.454 e. The van der Waals surface area contributed by atoms with E-state index >= 15 is 0 Å². The lowest BCUT2D eigenvalue weighted by Gasteiger charge is -2.21. The van der Waals surface area contributed by atoms with Gasteiger partial charge in [-0.3, -0.25) is 19.3 Å². The zero-order valence-corrected chi connectivity index (χ0v) is 16.6. The Morgan fingerprint density at radius 1 is 1.27 bits per heavy atom. The number of benzene rings is 1. The van der Waals surface area contributed by atoms with Crippen LogP contribution in [0.15, 0.2) is 40.9 Å². The quantitative estimate of drug-likeness (QED) is 0.493. The van der Waals surface area contributed by atoms with Gasteiger partial charge in [0.1, 0.15) is 17.8 Å². The van der Waals surface area contributed by atoms with Crippen LogP contribution in [0, 0.1) is 6.92 Å². The number of aromatic nitrogens is 1. The van der Waals surface area contributed by atoms with Gasteiger partial charge in [0.15, 0.2) is 12.4 Å². The van der Waals surface area contributed by atoms with Crippen molar-refractivity contribution in [3.05, 3.63) is 47.7 Å². The molecule has 2 heterocycles. The summed E-state index contributed by atoms with van der Waals surface area (Å²) in [5.74, 6) is -1.31. The highest BCUT2D eigenvalue weighted by Gasteiger charge is 2.48.